The van der Waals surface area contributed by atoms with E-state index in [-0.39, 0.29) is 11.9 Å². The molecular formula is C31H33F2N5O2. The molecule has 0 radical (unpaired) electrons. The van der Waals surface area contributed by atoms with Gasteiger partial charge in [-0.15, -0.1) is 0 Å². The number of nitrogens with one attached hydrogen (secondary N) is 3. The van der Waals surface area contributed by atoms with Crippen LogP contribution in [0.25, 0.3) is 0 Å². The van der Waals surface area contributed by atoms with Gasteiger partial charge in [-0.25, -0.2) is 8.78 Å². The highest BCUT2D eigenvalue weighted by Crippen LogP contribution is 2.28. The highest BCUT2D eigenvalue weighted by atomic mass is 19.1. The summed E-state index contributed by atoms with van der Waals surface area (Å²) in [6, 6.07) is 15.6. The van der Waals surface area contributed by atoms with Crippen molar-refractivity contribution in [3.63, 3.8) is 0 Å². The fourth-order valence-corrected chi connectivity index (χ4v) is 5.60. The van der Waals surface area contributed by atoms with E-state index in [1.807, 2.05) is 30.3 Å². The maximum absolute atomic E-state index is 13.7. The first-order chi connectivity index (χ1) is 19.5. The average molecular weight is 546 g/mol. The summed E-state index contributed by atoms with van der Waals surface area (Å²) in [6.45, 7) is 5.57. The highest BCUT2D eigenvalue weighted by molar-refractivity contribution is 6.15. The summed E-state index contributed by atoms with van der Waals surface area (Å²) in [6.07, 6.45) is 2.14. The quantitative estimate of drug-likeness (QED) is 0.432. The van der Waals surface area contributed by atoms with Crippen LogP contribution in [-0.2, 0) is 17.7 Å². The largest absolute Gasteiger partial charge is 0.381 e. The fraction of sp³-hybridized carbons (Fsp3) is 0.355. The van der Waals surface area contributed by atoms with E-state index < -0.39 is 11.6 Å². The Morgan fingerprint density at radius 3 is 2.52 bits per heavy atom. The number of anilines is 2. The Kier molecular flexibility index (Phi) is 7.75. The maximum atomic E-state index is 13.7. The molecule has 3 aliphatic rings. The monoisotopic (exact) mass is 545 g/mol. The van der Waals surface area contributed by atoms with Gasteiger partial charge in [0.1, 0.15) is 17.5 Å². The maximum Gasteiger partial charge on any atom is 0.258 e. The number of ether oxygens (including phenoxy) is 1. The van der Waals surface area contributed by atoms with E-state index in [0.29, 0.717) is 43.1 Å². The zero-order valence-electron chi connectivity index (χ0n) is 22.3. The summed E-state index contributed by atoms with van der Waals surface area (Å²) in [5.74, 6) is -0.918. The van der Waals surface area contributed by atoms with Gasteiger partial charge in [0.05, 0.1) is 12.1 Å². The minimum absolute atomic E-state index is 0.231. The molecule has 3 aromatic carbocycles. The second-order valence-electron chi connectivity index (χ2n) is 10.6. The topological polar surface area (TPSA) is 78.0 Å². The molecule has 7 nitrogen and oxygen atoms in total. The summed E-state index contributed by atoms with van der Waals surface area (Å²) >= 11 is 0. The standard InChI is InChI=1S/C31H33F2N5O2/c32-23-14-21(15-24(33)17-23)13-20-1-2-22-19-35-30(28(22)16-20)37-31(39)27-4-3-26(38-9-7-34-8-10-38)18-29(27)36-25-5-11-40-12-6-25/h1-4,14-18,25,34,36H,5-13,19H2,(H,35,37,39). The van der Waals surface area contributed by atoms with E-state index in [0.717, 1.165) is 73.2 Å². The van der Waals surface area contributed by atoms with Crippen LogP contribution in [0.5, 0.6) is 0 Å². The summed E-state index contributed by atoms with van der Waals surface area (Å²) in [4.78, 5) is 20.6. The van der Waals surface area contributed by atoms with E-state index in [9.17, 15) is 13.6 Å². The molecule has 3 heterocycles. The Morgan fingerprint density at radius 2 is 1.75 bits per heavy atom. The van der Waals surface area contributed by atoms with E-state index in [4.69, 9.17) is 4.74 Å². The van der Waals surface area contributed by atoms with Crippen LogP contribution in [0.3, 0.4) is 0 Å². The molecule has 1 amide bonds. The minimum atomic E-state index is -0.598. The average Bonchev–Trinajstić information content (AvgIpc) is 3.35. The van der Waals surface area contributed by atoms with Gasteiger partial charge in [0.15, 0.2) is 0 Å². The lowest BCUT2D eigenvalue weighted by Gasteiger charge is -2.31. The molecule has 40 heavy (non-hydrogen) atoms. The van der Waals surface area contributed by atoms with Gasteiger partial charge in [-0.1, -0.05) is 12.1 Å². The number of piperazine rings is 1. The predicted molar refractivity (Wildman–Crippen MR) is 152 cm³/mol. The number of hydrogen-bond acceptors (Lipinski definition) is 6. The van der Waals surface area contributed by atoms with Gasteiger partial charge in [-0.3, -0.25) is 9.79 Å². The van der Waals surface area contributed by atoms with Gasteiger partial charge in [0, 0.05) is 68.4 Å². The Morgan fingerprint density at radius 1 is 0.975 bits per heavy atom. The van der Waals surface area contributed by atoms with Gasteiger partial charge < -0.3 is 25.6 Å². The Labute approximate surface area is 232 Å². The minimum Gasteiger partial charge on any atom is -0.381 e. The highest BCUT2D eigenvalue weighted by Gasteiger charge is 2.23. The Hall–Kier alpha value is -3.82. The summed E-state index contributed by atoms with van der Waals surface area (Å²) in [5.41, 5.74) is 5.73. The SMILES string of the molecule is O=C(NC1=NCc2ccc(Cc3cc(F)cc(F)c3)cc21)c1ccc(N2CCNCC2)cc1NC1CCOCC1. The molecule has 0 aromatic heterocycles. The number of carbonyl (C=O) groups is 1. The zero-order chi connectivity index (χ0) is 27.5. The molecule has 0 unspecified atom stereocenters. The van der Waals surface area contributed by atoms with Crippen molar-refractivity contribution in [3.05, 3.63) is 94.0 Å². The molecule has 3 N–H and O–H groups in total. The van der Waals surface area contributed by atoms with Crippen LogP contribution in [0.2, 0.25) is 0 Å². The molecule has 2 saturated heterocycles. The van der Waals surface area contributed by atoms with Gasteiger partial charge in [-0.2, -0.15) is 0 Å². The molecule has 6 rings (SSSR count). The lowest BCUT2D eigenvalue weighted by molar-refractivity contribution is 0.0904. The van der Waals surface area contributed by atoms with Crippen molar-refractivity contribution in [2.24, 2.45) is 4.99 Å². The molecule has 0 bridgehead atoms. The van der Waals surface area contributed by atoms with E-state index in [1.54, 1.807) is 0 Å². The van der Waals surface area contributed by atoms with Crippen molar-refractivity contribution in [2.45, 2.75) is 31.8 Å². The lowest BCUT2D eigenvalue weighted by atomic mass is 9.99. The number of halogens is 2. The van der Waals surface area contributed by atoms with Gasteiger partial charge in [0.2, 0.25) is 0 Å². The van der Waals surface area contributed by atoms with Crippen LogP contribution in [0.4, 0.5) is 20.2 Å². The first-order valence-corrected chi connectivity index (χ1v) is 13.9. The first-order valence-electron chi connectivity index (χ1n) is 13.9. The second kappa shape index (κ2) is 11.7. The predicted octanol–water partition coefficient (Wildman–Crippen LogP) is 4.25. The molecule has 9 heteroatoms. The normalized spacial score (nSPS) is 17.4. The van der Waals surface area contributed by atoms with Crippen molar-refractivity contribution >= 4 is 23.1 Å². The lowest BCUT2D eigenvalue weighted by Crippen LogP contribution is -2.43. The molecule has 0 spiro atoms. The second-order valence-corrected chi connectivity index (χ2v) is 10.6. The molecule has 2 fully saturated rings. The molecule has 0 saturated carbocycles. The summed E-state index contributed by atoms with van der Waals surface area (Å²) in [5, 5.41) is 10.0. The molecule has 3 aromatic rings. The van der Waals surface area contributed by atoms with E-state index >= 15 is 0 Å². The number of rotatable bonds is 6. The van der Waals surface area contributed by atoms with Crippen molar-refractivity contribution < 1.29 is 18.3 Å². The Balaban J connectivity index is 1.22. The van der Waals surface area contributed by atoms with Gasteiger partial charge in [0.25, 0.3) is 5.91 Å². The first kappa shape index (κ1) is 26.4. The van der Waals surface area contributed by atoms with Gasteiger partial charge in [-0.05, 0) is 72.4 Å². The zero-order valence-corrected chi connectivity index (χ0v) is 22.3. The van der Waals surface area contributed by atoms with Crippen LogP contribution >= 0.6 is 0 Å². The molecular weight excluding hydrogens is 512 g/mol. The van der Waals surface area contributed by atoms with Crippen molar-refractivity contribution in [1.82, 2.24) is 10.6 Å². The third-order valence-electron chi connectivity index (χ3n) is 7.71. The Bertz CT molecular complexity index is 1410. The summed E-state index contributed by atoms with van der Waals surface area (Å²) < 4.78 is 32.9. The molecule has 208 valence electrons. The third-order valence-corrected chi connectivity index (χ3v) is 7.71. The third kappa shape index (κ3) is 6.00. The van der Waals surface area contributed by atoms with Crippen molar-refractivity contribution in [1.29, 1.82) is 0 Å². The number of carbonyl (C=O) groups excluding carboxylic acids is 1. The number of fused-ring (bicyclic) bond motifs is 1. The number of benzene rings is 3. The van der Waals surface area contributed by atoms with Crippen LogP contribution in [-0.4, -0.2) is 57.2 Å². The van der Waals surface area contributed by atoms with Crippen molar-refractivity contribution in [2.75, 3.05) is 49.6 Å². The van der Waals surface area contributed by atoms with E-state index in [2.05, 4.69) is 31.9 Å². The van der Waals surface area contributed by atoms with Gasteiger partial charge >= 0.3 is 0 Å². The van der Waals surface area contributed by atoms with Crippen LogP contribution in [0, 0.1) is 11.6 Å². The smallest absolute Gasteiger partial charge is 0.258 e. The number of amides is 1. The number of aliphatic imine (C=N–C) groups is 1. The van der Waals surface area contributed by atoms with Crippen LogP contribution < -0.4 is 20.9 Å². The van der Waals surface area contributed by atoms with E-state index in [1.165, 1.54) is 12.1 Å². The fourth-order valence-electron chi connectivity index (χ4n) is 5.60. The summed E-state index contributed by atoms with van der Waals surface area (Å²) in [7, 11) is 0. The molecule has 3 aliphatic heterocycles. The molecule has 0 atom stereocenters. The number of hydrogen-bond donors (Lipinski definition) is 3. The number of nitrogens with zero attached hydrogens (tertiary/aromatic N) is 2. The molecule has 0 aliphatic carbocycles. The number of amidine groups is 1. The van der Waals surface area contributed by atoms with Crippen LogP contribution in [0.1, 0.15) is 45.5 Å². The van der Waals surface area contributed by atoms with Crippen molar-refractivity contribution in [3.8, 4) is 0 Å². The van der Waals surface area contributed by atoms with Crippen LogP contribution in [0.15, 0.2) is 59.6 Å².